The molecule has 0 radical (unpaired) electrons. The number of rotatable bonds is 12. The van der Waals surface area contributed by atoms with E-state index in [0.717, 1.165) is 18.2 Å². The fraction of sp³-hybridized carbons (Fsp3) is 0.500. The number of sulfonamides is 1. The molecule has 9 heteroatoms. The summed E-state index contributed by atoms with van der Waals surface area (Å²) >= 11 is 0. The van der Waals surface area contributed by atoms with Crippen molar-refractivity contribution < 1.29 is 22.4 Å². The Kier molecular flexibility index (Phi) is 10.7. The van der Waals surface area contributed by atoms with E-state index in [1.807, 2.05) is 46.8 Å². The van der Waals surface area contributed by atoms with Crippen molar-refractivity contribution in [1.82, 2.24) is 10.2 Å². The van der Waals surface area contributed by atoms with Gasteiger partial charge in [-0.05, 0) is 75.4 Å². The molecule has 0 fully saturated rings. The molecule has 2 aromatic carbocycles. The van der Waals surface area contributed by atoms with Crippen molar-refractivity contribution in [2.75, 3.05) is 17.1 Å². The molecule has 2 aromatic rings. The van der Waals surface area contributed by atoms with E-state index in [2.05, 4.69) is 5.32 Å². The van der Waals surface area contributed by atoms with Crippen LogP contribution in [0.25, 0.3) is 0 Å². The van der Waals surface area contributed by atoms with Gasteiger partial charge in [-0.3, -0.25) is 13.9 Å². The Labute approximate surface area is 221 Å². The number of hydrogen-bond donors (Lipinski definition) is 1. The van der Waals surface area contributed by atoms with Crippen LogP contribution in [0.5, 0.6) is 0 Å². The number of benzene rings is 2. The molecule has 0 aliphatic carbocycles. The standard InChI is InChI=1S/C28H40FN3O4S/c1-7-21-13-17-24(18-14-21)32(37(6,35)36)19-9-10-26(33)31(20-22-11-15-23(29)16-12-22)25(8-2)27(34)30-28(3,4)5/h11-18,25H,7-10,19-20H2,1-6H3,(H,30,34). The van der Waals surface area contributed by atoms with Crippen LogP contribution in [0.2, 0.25) is 0 Å². The third kappa shape index (κ3) is 9.46. The summed E-state index contributed by atoms with van der Waals surface area (Å²) in [6, 6.07) is 12.4. The van der Waals surface area contributed by atoms with Gasteiger partial charge in [-0.15, -0.1) is 0 Å². The molecule has 1 unspecified atom stereocenters. The topological polar surface area (TPSA) is 86.8 Å². The Morgan fingerprint density at radius 1 is 0.973 bits per heavy atom. The molecule has 0 saturated heterocycles. The van der Waals surface area contributed by atoms with Gasteiger partial charge in [-0.1, -0.05) is 38.1 Å². The minimum atomic E-state index is -3.55. The van der Waals surface area contributed by atoms with Gasteiger partial charge in [0.05, 0.1) is 11.9 Å². The summed E-state index contributed by atoms with van der Waals surface area (Å²) in [6.45, 7) is 9.75. The molecule has 0 spiro atoms. The Bertz CT molecular complexity index is 1140. The first kappa shape index (κ1) is 30.3. The summed E-state index contributed by atoms with van der Waals surface area (Å²) in [4.78, 5) is 28.0. The van der Waals surface area contributed by atoms with E-state index in [-0.39, 0.29) is 43.6 Å². The molecule has 37 heavy (non-hydrogen) atoms. The van der Waals surface area contributed by atoms with Crippen molar-refractivity contribution in [2.24, 2.45) is 0 Å². The summed E-state index contributed by atoms with van der Waals surface area (Å²) in [7, 11) is -3.55. The van der Waals surface area contributed by atoms with Crippen LogP contribution in [-0.2, 0) is 32.6 Å². The van der Waals surface area contributed by atoms with E-state index in [9.17, 15) is 22.4 Å². The average molecular weight is 534 g/mol. The molecule has 1 N–H and O–H groups in total. The first-order valence-electron chi connectivity index (χ1n) is 12.7. The van der Waals surface area contributed by atoms with Gasteiger partial charge >= 0.3 is 0 Å². The third-order valence-corrected chi connectivity index (χ3v) is 7.13. The number of nitrogens with one attached hydrogen (secondary N) is 1. The highest BCUT2D eigenvalue weighted by Gasteiger charge is 2.30. The lowest BCUT2D eigenvalue weighted by molar-refractivity contribution is -0.142. The summed E-state index contributed by atoms with van der Waals surface area (Å²) in [5, 5.41) is 2.95. The highest BCUT2D eigenvalue weighted by atomic mass is 32.2. The van der Waals surface area contributed by atoms with Gasteiger partial charge in [-0.2, -0.15) is 0 Å². The number of nitrogens with zero attached hydrogens (tertiary/aromatic N) is 2. The molecule has 1 atom stereocenters. The SMILES string of the molecule is CCc1ccc(N(CCCC(=O)N(Cc2ccc(F)cc2)C(CC)C(=O)NC(C)(C)C)S(C)(=O)=O)cc1. The molecule has 2 amide bonds. The fourth-order valence-corrected chi connectivity index (χ4v) is 5.03. The molecule has 0 bridgehead atoms. The van der Waals surface area contributed by atoms with Crippen LogP contribution in [0.15, 0.2) is 48.5 Å². The first-order chi connectivity index (χ1) is 17.2. The molecule has 0 saturated carbocycles. The van der Waals surface area contributed by atoms with Crippen molar-refractivity contribution in [2.45, 2.75) is 78.4 Å². The zero-order valence-electron chi connectivity index (χ0n) is 22.8. The predicted octanol–water partition coefficient (Wildman–Crippen LogP) is 4.66. The number of hydrogen-bond acceptors (Lipinski definition) is 4. The maximum Gasteiger partial charge on any atom is 0.243 e. The molecular formula is C28H40FN3O4S. The van der Waals surface area contributed by atoms with Gasteiger partial charge in [0.1, 0.15) is 11.9 Å². The number of halogens is 1. The number of amides is 2. The first-order valence-corrected chi connectivity index (χ1v) is 14.5. The quantitative estimate of drug-likeness (QED) is 0.430. The molecule has 0 heterocycles. The summed E-state index contributed by atoms with van der Waals surface area (Å²) in [5.41, 5.74) is 1.87. The molecule has 7 nitrogen and oxygen atoms in total. The number of carbonyl (C=O) groups is 2. The summed E-state index contributed by atoms with van der Waals surface area (Å²) < 4.78 is 39.7. The second-order valence-corrected chi connectivity index (χ2v) is 12.2. The van der Waals surface area contributed by atoms with Crippen LogP contribution < -0.4 is 9.62 Å². The minimum Gasteiger partial charge on any atom is -0.350 e. The van der Waals surface area contributed by atoms with Crippen molar-refractivity contribution in [3.63, 3.8) is 0 Å². The number of anilines is 1. The number of carbonyl (C=O) groups excluding carboxylic acids is 2. The Balaban J connectivity index is 2.22. The lowest BCUT2D eigenvalue weighted by Gasteiger charge is -2.33. The van der Waals surface area contributed by atoms with Crippen LogP contribution in [0.1, 0.15) is 65.0 Å². The normalized spacial score (nSPS) is 12.6. The van der Waals surface area contributed by atoms with Gasteiger partial charge in [0.25, 0.3) is 0 Å². The number of aryl methyl sites for hydroxylation is 1. The van der Waals surface area contributed by atoms with Gasteiger partial charge < -0.3 is 10.2 Å². The maximum absolute atomic E-state index is 13.4. The monoisotopic (exact) mass is 533 g/mol. The van der Waals surface area contributed by atoms with Gasteiger partial charge in [0, 0.05) is 25.0 Å². The highest BCUT2D eigenvalue weighted by molar-refractivity contribution is 7.92. The molecule has 0 aromatic heterocycles. The fourth-order valence-electron chi connectivity index (χ4n) is 4.06. The van der Waals surface area contributed by atoms with E-state index in [1.165, 1.54) is 21.3 Å². The molecule has 2 rings (SSSR count). The predicted molar refractivity (Wildman–Crippen MR) is 146 cm³/mol. The van der Waals surface area contributed by atoms with Gasteiger partial charge in [-0.25, -0.2) is 12.8 Å². The van der Waals surface area contributed by atoms with E-state index in [4.69, 9.17) is 0 Å². The average Bonchev–Trinajstić information content (AvgIpc) is 2.81. The van der Waals surface area contributed by atoms with Crippen molar-refractivity contribution >= 4 is 27.5 Å². The van der Waals surface area contributed by atoms with E-state index in [0.29, 0.717) is 17.7 Å². The molecule has 0 aliphatic heterocycles. The largest absolute Gasteiger partial charge is 0.350 e. The second kappa shape index (κ2) is 13.0. The molecule has 0 aliphatic rings. The van der Waals surface area contributed by atoms with Crippen LogP contribution in [-0.4, -0.2) is 49.5 Å². The molecular weight excluding hydrogens is 493 g/mol. The van der Waals surface area contributed by atoms with Crippen LogP contribution >= 0.6 is 0 Å². The lowest BCUT2D eigenvalue weighted by Crippen LogP contribution is -2.53. The Morgan fingerprint density at radius 2 is 1.54 bits per heavy atom. The smallest absolute Gasteiger partial charge is 0.243 e. The maximum atomic E-state index is 13.4. The molecule has 204 valence electrons. The zero-order valence-corrected chi connectivity index (χ0v) is 23.6. The van der Waals surface area contributed by atoms with Crippen molar-refractivity contribution in [1.29, 1.82) is 0 Å². The van der Waals surface area contributed by atoms with Gasteiger partial charge in [0.15, 0.2) is 0 Å². The van der Waals surface area contributed by atoms with Crippen molar-refractivity contribution in [3.05, 3.63) is 65.5 Å². The zero-order chi connectivity index (χ0) is 27.8. The third-order valence-electron chi connectivity index (χ3n) is 5.94. The van der Waals surface area contributed by atoms with Crippen LogP contribution in [0.4, 0.5) is 10.1 Å². The van der Waals surface area contributed by atoms with E-state index in [1.54, 1.807) is 24.3 Å². The Hall–Kier alpha value is -2.94. The second-order valence-electron chi connectivity index (χ2n) is 10.3. The lowest BCUT2D eigenvalue weighted by atomic mass is 10.0. The van der Waals surface area contributed by atoms with E-state index < -0.39 is 21.6 Å². The summed E-state index contributed by atoms with van der Waals surface area (Å²) in [6.07, 6.45) is 2.72. The summed E-state index contributed by atoms with van der Waals surface area (Å²) in [5.74, 6) is -0.916. The van der Waals surface area contributed by atoms with Crippen molar-refractivity contribution in [3.8, 4) is 0 Å². The van der Waals surface area contributed by atoms with E-state index >= 15 is 0 Å². The highest BCUT2D eigenvalue weighted by Crippen LogP contribution is 2.21. The van der Waals surface area contributed by atoms with Crippen LogP contribution in [0, 0.1) is 5.82 Å². The van der Waals surface area contributed by atoms with Crippen LogP contribution in [0.3, 0.4) is 0 Å². The van der Waals surface area contributed by atoms with Gasteiger partial charge in [0.2, 0.25) is 21.8 Å². The Morgan fingerprint density at radius 3 is 2.03 bits per heavy atom. The minimum absolute atomic E-state index is 0.0551.